The van der Waals surface area contributed by atoms with E-state index in [4.69, 9.17) is 9.47 Å². The first-order valence-corrected chi connectivity index (χ1v) is 12.5. The van der Waals surface area contributed by atoms with Crippen LogP contribution in [0.4, 0.5) is 0 Å². The quantitative estimate of drug-likeness (QED) is 0.241. The standard InChI is InChI=1S/C30H17BBrNO2/c32-18-14-15-20-21-17-27-28-30(29(21)33(24(20)16-18)19-8-2-1-3-9-19)35-26-13-7-5-11-23(26)31(28)22-10-4-6-12-25(22)34-27/h1-17H. The van der Waals surface area contributed by atoms with Crippen LogP contribution >= 0.6 is 15.9 Å². The Kier molecular flexibility index (Phi) is 3.89. The highest BCUT2D eigenvalue weighted by atomic mass is 79.9. The summed E-state index contributed by atoms with van der Waals surface area (Å²) in [6, 6.07) is 35.9. The van der Waals surface area contributed by atoms with Crippen LogP contribution in [0.3, 0.4) is 0 Å². The number of ether oxygens (including phenoxy) is 2. The predicted octanol–water partition coefficient (Wildman–Crippen LogP) is 6.27. The normalized spacial score (nSPS) is 13.1. The van der Waals surface area contributed by atoms with Crippen molar-refractivity contribution < 1.29 is 9.47 Å². The molecule has 0 bridgehead atoms. The van der Waals surface area contributed by atoms with Crippen molar-refractivity contribution in [2.75, 3.05) is 0 Å². The van der Waals surface area contributed by atoms with E-state index in [0.717, 1.165) is 60.4 Å². The third-order valence-corrected chi connectivity index (χ3v) is 7.66. The average molecular weight is 514 g/mol. The minimum absolute atomic E-state index is 0.0493. The summed E-state index contributed by atoms with van der Waals surface area (Å²) < 4.78 is 16.7. The van der Waals surface area contributed by atoms with E-state index >= 15 is 0 Å². The molecule has 1 aromatic heterocycles. The molecule has 164 valence electrons. The molecule has 0 radical (unpaired) electrons. The number of halogens is 1. The van der Waals surface area contributed by atoms with Crippen molar-refractivity contribution in [3.63, 3.8) is 0 Å². The number of hydrogen-bond donors (Lipinski definition) is 0. The lowest BCUT2D eigenvalue weighted by Crippen LogP contribution is -2.57. The zero-order valence-electron chi connectivity index (χ0n) is 18.5. The highest BCUT2D eigenvalue weighted by Gasteiger charge is 2.41. The lowest BCUT2D eigenvalue weighted by atomic mass is 9.35. The zero-order chi connectivity index (χ0) is 23.1. The van der Waals surface area contributed by atoms with Crippen molar-refractivity contribution >= 4 is 60.8 Å². The summed E-state index contributed by atoms with van der Waals surface area (Å²) in [6.07, 6.45) is 0. The Morgan fingerprint density at radius 2 is 1.31 bits per heavy atom. The summed E-state index contributed by atoms with van der Waals surface area (Å²) in [5.74, 6) is 3.53. The largest absolute Gasteiger partial charge is 0.458 e. The van der Waals surface area contributed by atoms with E-state index in [1.807, 2.05) is 18.2 Å². The van der Waals surface area contributed by atoms with Crippen LogP contribution in [0, 0.1) is 0 Å². The second kappa shape index (κ2) is 7.03. The minimum Gasteiger partial charge on any atom is -0.458 e. The fraction of sp³-hybridized carbons (Fsp3) is 0. The van der Waals surface area contributed by atoms with Gasteiger partial charge in [-0.3, -0.25) is 0 Å². The molecule has 0 fully saturated rings. The highest BCUT2D eigenvalue weighted by molar-refractivity contribution is 9.10. The maximum Gasteiger partial charge on any atom is 0.260 e. The number of fused-ring (bicyclic) bond motifs is 8. The number of nitrogens with zero attached hydrogens (tertiary/aromatic N) is 1. The van der Waals surface area contributed by atoms with Crippen LogP contribution in [0.1, 0.15) is 0 Å². The number of hydrogen-bond acceptors (Lipinski definition) is 2. The molecule has 2 aliphatic rings. The van der Waals surface area contributed by atoms with Gasteiger partial charge in [-0.1, -0.05) is 76.6 Å². The first-order valence-electron chi connectivity index (χ1n) is 11.7. The van der Waals surface area contributed by atoms with Gasteiger partial charge in [-0.05, 0) is 53.4 Å². The molecule has 6 aromatic rings. The molecular formula is C30H17BBrNO2. The summed E-state index contributed by atoms with van der Waals surface area (Å²) in [4.78, 5) is 0. The summed E-state index contributed by atoms with van der Waals surface area (Å²) in [5.41, 5.74) is 6.70. The van der Waals surface area contributed by atoms with Gasteiger partial charge in [-0.2, -0.15) is 0 Å². The minimum atomic E-state index is 0.0493. The van der Waals surface area contributed by atoms with Crippen LogP contribution in [0.2, 0.25) is 0 Å². The van der Waals surface area contributed by atoms with Crippen molar-refractivity contribution in [2.24, 2.45) is 0 Å². The zero-order valence-corrected chi connectivity index (χ0v) is 20.1. The van der Waals surface area contributed by atoms with E-state index in [9.17, 15) is 0 Å². The molecule has 0 atom stereocenters. The Balaban J connectivity index is 1.57. The average Bonchev–Trinajstić information content (AvgIpc) is 3.22. The molecular weight excluding hydrogens is 497 g/mol. The molecule has 0 N–H and O–H groups in total. The Hall–Kier alpha value is -3.96. The van der Waals surface area contributed by atoms with E-state index in [0.29, 0.717) is 0 Å². The molecule has 3 heterocycles. The molecule has 0 saturated carbocycles. The number of aromatic nitrogens is 1. The van der Waals surface area contributed by atoms with Gasteiger partial charge in [-0.25, -0.2) is 0 Å². The number of benzene rings is 5. The summed E-state index contributed by atoms with van der Waals surface area (Å²) in [6.45, 7) is 0.0493. The van der Waals surface area contributed by atoms with E-state index in [1.165, 1.54) is 10.9 Å². The predicted molar refractivity (Wildman–Crippen MR) is 146 cm³/mol. The van der Waals surface area contributed by atoms with Crippen molar-refractivity contribution in [3.8, 4) is 28.7 Å². The van der Waals surface area contributed by atoms with E-state index < -0.39 is 0 Å². The number of rotatable bonds is 1. The summed E-state index contributed by atoms with van der Waals surface area (Å²) in [7, 11) is 0. The highest BCUT2D eigenvalue weighted by Crippen LogP contribution is 2.44. The number of para-hydroxylation sites is 3. The first kappa shape index (κ1) is 19.4. The summed E-state index contributed by atoms with van der Waals surface area (Å²) in [5, 5.41) is 2.27. The topological polar surface area (TPSA) is 23.4 Å². The lowest BCUT2D eigenvalue weighted by molar-refractivity contribution is 0.467. The second-order valence-electron chi connectivity index (χ2n) is 9.06. The molecule has 2 aliphatic heterocycles. The molecule has 35 heavy (non-hydrogen) atoms. The van der Waals surface area contributed by atoms with E-state index in [1.54, 1.807) is 0 Å². The lowest BCUT2D eigenvalue weighted by Gasteiger charge is -2.33. The van der Waals surface area contributed by atoms with Crippen LogP contribution < -0.4 is 25.9 Å². The monoisotopic (exact) mass is 513 g/mol. The molecule has 0 spiro atoms. The van der Waals surface area contributed by atoms with Crippen LogP contribution in [-0.2, 0) is 0 Å². The van der Waals surface area contributed by atoms with Crippen molar-refractivity contribution in [1.29, 1.82) is 0 Å². The third kappa shape index (κ3) is 2.62. The Labute approximate surface area is 210 Å². The van der Waals surface area contributed by atoms with Crippen LogP contribution in [0.5, 0.6) is 23.0 Å². The van der Waals surface area contributed by atoms with E-state index in [2.05, 4.69) is 105 Å². The fourth-order valence-electron chi connectivity index (χ4n) is 5.74. The van der Waals surface area contributed by atoms with Gasteiger partial charge in [-0.15, -0.1) is 0 Å². The second-order valence-corrected chi connectivity index (χ2v) is 9.97. The van der Waals surface area contributed by atoms with Crippen LogP contribution in [-0.4, -0.2) is 11.3 Å². The SMILES string of the molecule is Brc1ccc2c3cc4c5c(c3n(-c3ccccc3)c2c1)Oc1ccccc1B5c1ccccc1O4. The van der Waals surface area contributed by atoms with Crippen molar-refractivity contribution in [1.82, 2.24) is 4.57 Å². The Bertz CT molecular complexity index is 1820. The molecule has 0 amide bonds. The van der Waals surface area contributed by atoms with Gasteiger partial charge in [0.15, 0.2) is 5.75 Å². The van der Waals surface area contributed by atoms with Gasteiger partial charge in [0.05, 0.1) is 11.0 Å². The maximum atomic E-state index is 6.76. The maximum absolute atomic E-state index is 6.76. The fourth-order valence-corrected chi connectivity index (χ4v) is 6.09. The Morgan fingerprint density at radius 3 is 2.09 bits per heavy atom. The molecule has 3 nitrogen and oxygen atoms in total. The smallest absolute Gasteiger partial charge is 0.260 e. The third-order valence-electron chi connectivity index (χ3n) is 7.17. The van der Waals surface area contributed by atoms with Crippen molar-refractivity contribution in [3.05, 3.63) is 108 Å². The van der Waals surface area contributed by atoms with Gasteiger partial charge in [0.2, 0.25) is 0 Å². The molecule has 0 unspecified atom stereocenters. The van der Waals surface area contributed by atoms with Gasteiger partial charge in [0.1, 0.15) is 17.2 Å². The molecule has 0 aliphatic carbocycles. The van der Waals surface area contributed by atoms with Crippen LogP contribution in [0.15, 0.2) is 108 Å². The van der Waals surface area contributed by atoms with Crippen LogP contribution in [0.25, 0.3) is 27.5 Å². The van der Waals surface area contributed by atoms with Gasteiger partial charge >= 0.3 is 0 Å². The first-order chi connectivity index (χ1) is 17.3. The Morgan fingerprint density at radius 1 is 0.629 bits per heavy atom. The van der Waals surface area contributed by atoms with E-state index in [-0.39, 0.29) is 6.71 Å². The molecule has 5 heteroatoms. The van der Waals surface area contributed by atoms with Gasteiger partial charge in [0.25, 0.3) is 6.71 Å². The molecule has 8 rings (SSSR count). The molecule has 0 saturated heterocycles. The van der Waals surface area contributed by atoms with Crippen molar-refractivity contribution in [2.45, 2.75) is 0 Å². The van der Waals surface area contributed by atoms with Gasteiger partial charge in [0, 0.05) is 26.4 Å². The summed E-state index contributed by atoms with van der Waals surface area (Å²) >= 11 is 3.69. The van der Waals surface area contributed by atoms with Gasteiger partial charge < -0.3 is 14.0 Å². The molecule has 5 aromatic carbocycles.